The third-order valence-electron chi connectivity index (χ3n) is 5.49. The zero-order chi connectivity index (χ0) is 17.3. The van der Waals surface area contributed by atoms with Crippen molar-refractivity contribution in [2.24, 2.45) is 5.41 Å². The number of rotatable bonds is 2. The van der Waals surface area contributed by atoms with E-state index in [1.807, 2.05) is 29.4 Å². The van der Waals surface area contributed by atoms with Gasteiger partial charge in [0.1, 0.15) is 5.82 Å². The molecule has 0 aliphatic carbocycles. The molecule has 1 spiro atoms. The molecule has 2 aliphatic heterocycles. The number of anilines is 1. The number of benzene rings is 1. The number of hydrogen-bond donors (Lipinski definition) is 0. The predicted molar refractivity (Wildman–Crippen MR) is 95.0 cm³/mol. The van der Waals surface area contributed by atoms with E-state index in [1.54, 1.807) is 12.1 Å². The smallest absolute Gasteiger partial charge is 0.253 e. The number of likely N-dealkylation sites (tertiary alicyclic amines) is 1. The van der Waals surface area contributed by atoms with Gasteiger partial charge in [0.2, 0.25) is 0 Å². The zero-order valence-electron chi connectivity index (χ0n) is 14.2. The van der Waals surface area contributed by atoms with Gasteiger partial charge in [-0.2, -0.15) is 0 Å². The molecule has 2 aliphatic rings. The molecule has 1 atom stereocenters. The van der Waals surface area contributed by atoms with Gasteiger partial charge < -0.3 is 9.80 Å². The Labute approximate surface area is 147 Å². The number of pyridine rings is 1. The molecule has 0 saturated carbocycles. The lowest BCUT2D eigenvalue weighted by atomic mass is 9.79. The van der Waals surface area contributed by atoms with Crippen LogP contribution >= 0.6 is 0 Å². The summed E-state index contributed by atoms with van der Waals surface area (Å²) >= 11 is 0. The van der Waals surface area contributed by atoms with E-state index >= 15 is 0 Å². The molecule has 0 N–H and O–H groups in total. The van der Waals surface area contributed by atoms with Gasteiger partial charge in [0, 0.05) is 55.2 Å². The van der Waals surface area contributed by atoms with Crippen molar-refractivity contribution < 1.29 is 9.18 Å². The molecule has 25 heavy (non-hydrogen) atoms. The van der Waals surface area contributed by atoms with Gasteiger partial charge in [0.15, 0.2) is 0 Å². The van der Waals surface area contributed by atoms with Crippen LogP contribution in [0.1, 0.15) is 29.6 Å². The molecule has 1 aromatic carbocycles. The fraction of sp³-hybridized carbons (Fsp3) is 0.400. The second-order valence-corrected chi connectivity index (χ2v) is 7.22. The van der Waals surface area contributed by atoms with Crippen LogP contribution in [-0.4, -0.2) is 42.0 Å². The van der Waals surface area contributed by atoms with Crippen LogP contribution in [0.4, 0.5) is 10.1 Å². The number of nitrogens with zero attached hydrogens (tertiary/aromatic N) is 3. The van der Waals surface area contributed by atoms with Crippen molar-refractivity contribution in [1.29, 1.82) is 0 Å². The summed E-state index contributed by atoms with van der Waals surface area (Å²) in [6, 6.07) is 10.1. The van der Waals surface area contributed by atoms with E-state index in [0.29, 0.717) is 5.56 Å². The first-order valence-electron chi connectivity index (χ1n) is 8.85. The molecular weight excluding hydrogens is 317 g/mol. The number of piperidine rings is 1. The van der Waals surface area contributed by atoms with Gasteiger partial charge in [-0.1, -0.05) is 6.07 Å². The summed E-state index contributed by atoms with van der Waals surface area (Å²) in [7, 11) is 0. The Morgan fingerprint density at radius 3 is 2.72 bits per heavy atom. The van der Waals surface area contributed by atoms with E-state index in [1.165, 1.54) is 17.8 Å². The molecule has 0 bridgehead atoms. The fourth-order valence-corrected chi connectivity index (χ4v) is 4.23. The first-order chi connectivity index (χ1) is 12.2. The van der Waals surface area contributed by atoms with Crippen molar-refractivity contribution in [3.05, 3.63) is 60.2 Å². The van der Waals surface area contributed by atoms with E-state index in [0.717, 1.165) is 45.4 Å². The summed E-state index contributed by atoms with van der Waals surface area (Å²) in [5.74, 6) is -0.414. The minimum Gasteiger partial charge on any atom is -0.371 e. The lowest BCUT2D eigenvalue weighted by Gasteiger charge is -2.40. The predicted octanol–water partition coefficient (Wildman–Crippen LogP) is 3.35. The van der Waals surface area contributed by atoms with E-state index in [4.69, 9.17) is 0 Å². The van der Waals surface area contributed by atoms with Crippen molar-refractivity contribution in [1.82, 2.24) is 9.88 Å². The van der Waals surface area contributed by atoms with E-state index in [9.17, 15) is 9.18 Å². The van der Waals surface area contributed by atoms with Crippen LogP contribution in [0.5, 0.6) is 0 Å². The number of aromatic nitrogens is 1. The number of hydrogen-bond acceptors (Lipinski definition) is 3. The van der Waals surface area contributed by atoms with Crippen LogP contribution in [-0.2, 0) is 0 Å². The van der Waals surface area contributed by atoms with Gasteiger partial charge in [0.25, 0.3) is 5.91 Å². The quantitative estimate of drug-likeness (QED) is 0.842. The lowest BCUT2D eigenvalue weighted by Crippen LogP contribution is -2.47. The molecule has 5 heteroatoms. The first kappa shape index (κ1) is 16.1. The summed E-state index contributed by atoms with van der Waals surface area (Å²) in [5, 5.41) is 0. The van der Waals surface area contributed by atoms with Crippen molar-refractivity contribution in [2.45, 2.75) is 19.3 Å². The first-order valence-corrected chi connectivity index (χ1v) is 8.85. The van der Waals surface area contributed by atoms with Crippen LogP contribution in [0.2, 0.25) is 0 Å². The van der Waals surface area contributed by atoms with Gasteiger partial charge in [-0.25, -0.2) is 4.39 Å². The topological polar surface area (TPSA) is 36.4 Å². The minimum absolute atomic E-state index is 0.0547. The van der Waals surface area contributed by atoms with Gasteiger partial charge in [0.05, 0.1) is 0 Å². The van der Waals surface area contributed by atoms with E-state index in [-0.39, 0.29) is 17.1 Å². The maximum atomic E-state index is 13.4. The van der Waals surface area contributed by atoms with E-state index in [2.05, 4.69) is 9.88 Å². The minimum atomic E-state index is -0.359. The third kappa shape index (κ3) is 3.23. The molecular formula is C20H22FN3O. The van der Waals surface area contributed by atoms with E-state index < -0.39 is 0 Å². The Hall–Kier alpha value is -2.43. The highest BCUT2D eigenvalue weighted by molar-refractivity contribution is 5.94. The molecule has 2 fully saturated rings. The SMILES string of the molecule is O=C(c1cccc(F)c1)N1CCC[C@@]2(CCN(c3ccncc3)C2)C1. The Morgan fingerprint density at radius 1 is 1.08 bits per heavy atom. The summed E-state index contributed by atoms with van der Waals surface area (Å²) in [6.45, 7) is 3.48. The average molecular weight is 339 g/mol. The molecule has 3 heterocycles. The highest BCUT2D eigenvalue weighted by Gasteiger charge is 2.42. The molecule has 4 nitrogen and oxygen atoms in total. The molecule has 2 aromatic rings. The highest BCUT2D eigenvalue weighted by atomic mass is 19.1. The Balaban J connectivity index is 1.49. The maximum absolute atomic E-state index is 13.4. The van der Waals surface area contributed by atoms with Gasteiger partial charge in [-0.05, 0) is 49.6 Å². The normalized spacial score (nSPS) is 23.2. The maximum Gasteiger partial charge on any atom is 0.253 e. The number of carbonyl (C=O) groups excluding carboxylic acids is 1. The third-order valence-corrected chi connectivity index (χ3v) is 5.49. The lowest BCUT2D eigenvalue weighted by molar-refractivity contribution is 0.0556. The molecule has 2 saturated heterocycles. The number of amides is 1. The van der Waals surface area contributed by atoms with Gasteiger partial charge >= 0.3 is 0 Å². The second-order valence-electron chi connectivity index (χ2n) is 7.22. The summed E-state index contributed by atoms with van der Waals surface area (Å²) in [4.78, 5) is 21.2. The molecule has 1 amide bonds. The molecule has 1 aromatic heterocycles. The van der Waals surface area contributed by atoms with Gasteiger partial charge in [-0.15, -0.1) is 0 Å². The molecule has 130 valence electrons. The highest BCUT2D eigenvalue weighted by Crippen LogP contribution is 2.40. The van der Waals surface area contributed by atoms with Crippen LogP contribution in [0.15, 0.2) is 48.8 Å². The largest absolute Gasteiger partial charge is 0.371 e. The van der Waals surface area contributed by atoms with Crippen molar-refractivity contribution in [3.8, 4) is 0 Å². The summed E-state index contributed by atoms with van der Waals surface area (Å²) in [6.07, 6.45) is 6.87. The van der Waals surface area contributed by atoms with Gasteiger partial charge in [-0.3, -0.25) is 9.78 Å². The standard InChI is InChI=1S/C20H22FN3O/c21-17-4-1-3-16(13-17)19(25)24-11-2-7-20(15-24)8-12-23(14-20)18-5-9-22-10-6-18/h1,3-6,9-10,13H,2,7-8,11-12,14-15H2/t20-/m0/s1. The number of halogens is 1. The molecule has 4 rings (SSSR count). The molecule has 0 unspecified atom stereocenters. The van der Waals surface area contributed by atoms with Crippen molar-refractivity contribution in [3.63, 3.8) is 0 Å². The average Bonchev–Trinajstić information content (AvgIpc) is 3.05. The monoisotopic (exact) mass is 339 g/mol. The summed E-state index contributed by atoms with van der Waals surface area (Å²) in [5.41, 5.74) is 1.78. The molecule has 0 radical (unpaired) electrons. The Kier molecular flexibility index (Phi) is 4.15. The second kappa shape index (κ2) is 6.47. The fourth-order valence-electron chi connectivity index (χ4n) is 4.23. The van der Waals surface area contributed by atoms with Crippen LogP contribution in [0.25, 0.3) is 0 Å². The Bertz CT molecular complexity index is 767. The number of carbonyl (C=O) groups is 1. The van der Waals surface area contributed by atoms with Crippen molar-refractivity contribution >= 4 is 11.6 Å². The summed E-state index contributed by atoms with van der Waals surface area (Å²) < 4.78 is 13.4. The van der Waals surface area contributed by atoms with Crippen LogP contribution in [0.3, 0.4) is 0 Å². The van der Waals surface area contributed by atoms with Crippen LogP contribution < -0.4 is 4.90 Å². The van der Waals surface area contributed by atoms with Crippen LogP contribution in [0, 0.1) is 11.2 Å². The Morgan fingerprint density at radius 2 is 1.92 bits per heavy atom. The van der Waals surface area contributed by atoms with Crippen molar-refractivity contribution in [2.75, 3.05) is 31.1 Å². The zero-order valence-corrected chi connectivity index (χ0v) is 14.2.